The van der Waals surface area contributed by atoms with E-state index >= 15 is 0 Å². The van der Waals surface area contributed by atoms with Crippen LogP contribution in [0.1, 0.15) is 19.3 Å². The van der Waals surface area contributed by atoms with Crippen molar-refractivity contribution in [2.75, 3.05) is 13.2 Å². The summed E-state index contributed by atoms with van der Waals surface area (Å²) in [6, 6.07) is -0.486. The Morgan fingerprint density at radius 2 is 2.33 bits per heavy atom. The highest BCUT2D eigenvalue weighted by molar-refractivity contribution is 5.75. The lowest BCUT2D eigenvalue weighted by Crippen LogP contribution is -2.64. The highest BCUT2D eigenvalue weighted by atomic mass is 16.5. The van der Waals surface area contributed by atoms with Crippen molar-refractivity contribution in [3.05, 3.63) is 0 Å². The Labute approximate surface area is 70.9 Å². The van der Waals surface area contributed by atoms with Crippen LogP contribution >= 0.6 is 0 Å². The van der Waals surface area contributed by atoms with Crippen LogP contribution in [-0.2, 0) is 9.53 Å². The quantitative estimate of drug-likeness (QED) is 0.582. The van der Waals surface area contributed by atoms with Crippen LogP contribution in [0.15, 0.2) is 0 Å². The molecule has 1 heterocycles. The van der Waals surface area contributed by atoms with Gasteiger partial charge in [0.1, 0.15) is 6.04 Å². The van der Waals surface area contributed by atoms with E-state index in [0.717, 1.165) is 19.3 Å². The molecular weight excluding hydrogens is 158 g/mol. The minimum absolute atomic E-state index is 0.371. The molecule has 68 valence electrons. The molecule has 2 rings (SSSR count). The van der Waals surface area contributed by atoms with E-state index in [1.807, 2.05) is 0 Å². The van der Waals surface area contributed by atoms with Gasteiger partial charge in [-0.1, -0.05) is 0 Å². The number of nitrogens with one attached hydrogen (secondary N) is 1. The number of aliphatic carboxylic acids is 1. The van der Waals surface area contributed by atoms with Gasteiger partial charge in [0.25, 0.3) is 0 Å². The fourth-order valence-corrected chi connectivity index (χ4v) is 2.00. The molecule has 1 saturated heterocycles. The van der Waals surface area contributed by atoms with E-state index in [-0.39, 0.29) is 5.60 Å². The van der Waals surface area contributed by atoms with Crippen LogP contribution in [0.25, 0.3) is 0 Å². The second-order valence-corrected chi connectivity index (χ2v) is 3.49. The largest absolute Gasteiger partial charge is 0.480 e. The molecule has 4 heteroatoms. The average molecular weight is 171 g/mol. The molecule has 12 heavy (non-hydrogen) atoms. The molecule has 1 spiro atoms. The summed E-state index contributed by atoms with van der Waals surface area (Å²) in [5.41, 5.74) is -0.371. The maximum Gasteiger partial charge on any atom is 0.323 e. The standard InChI is InChI=1S/C8H13NO3/c10-7(11)6-8(2-1-3-8)12-5-4-9-6/h6,9H,1-5H2,(H,10,11). The van der Waals surface area contributed by atoms with E-state index in [1.54, 1.807) is 0 Å². The highest BCUT2D eigenvalue weighted by Crippen LogP contribution is 2.39. The van der Waals surface area contributed by atoms with Crippen LogP contribution in [0.2, 0.25) is 0 Å². The molecule has 2 aliphatic rings. The normalized spacial score (nSPS) is 32.8. The van der Waals surface area contributed by atoms with Gasteiger partial charge in [-0.2, -0.15) is 0 Å². The summed E-state index contributed by atoms with van der Waals surface area (Å²) < 4.78 is 5.53. The number of ether oxygens (including phenoxy) is 1. The molecule has 0 radical (unpaired) electrons. The van der Waals surface area contributed by atoms with Gasteiger partial charge in [-0.3, -0.25) is 10.1 Å². The van der Waals surface area contributed by atoms with Crippen molar-refractivity contribution in [1.29, 1.82) is 0 Å². The van der Waals surface area contributed by atoms with Crippen LogP contribution < -0.4 is 5.32 Å². The Morgan fingerprint density at radius 1 is 1.58 bits per heavy atom. The van der Waals surface area contributed by atoms with Gasteiger partial charge < -0.3 is 9.84 Å². The van der Waals surface area contributed by atoms with Gasteiger partial charge in [0.2, 0.25) is 0 Å². The van der Waals surface area contributed by atoms with E-state index in [9.17, 15) is 4.79 Å². The summed E-state index contributed by atoms with van der Waals surface area (Å²) in [6.45, 7) is 1.29. The zero-order valence-corrected chi connectivity index (χ0v) is 6.88. The van der Waals surface area contributed by atoms with Crippen molar-refractivity contribution < 1.29 is 14.6 Å². The topological polar surface area (TPSA) is 58.6 Å². The number of rotatable bonds is 1. The number of morpholine rings is 1. The van der Waals surface area contributed by atoms with Crippen LogP contribution in [0.3, 0.4) is 0 Å². The Hall–Kier alpha value is -0.610. The fourth-order valence-electron chi connectivity index (χ4n) is 2.00. The molecule has 0 aromatic carbocycles. The van der Waals surface area contributed by atoms with Crippen molar-refractivity contribution >= 4 is 5.97 Å². The molecule has 1 atom stereocenters. The van der Waals surface area contributed by atoms with Crippen LogP contribution in [0.5, 0.6) is 0 Å². The average Bonchev–Trinajstić information content (AvgIpc) is 2.01. The zero-order valence-electron chi connectivity index (χ0n) is 6.88. The first-order valence-electron chi connectivity index (χ1n) is 4.35. The Bertz CT molecular complexity index is 200. The monoisotopic (exact) mass is 171 g/mol. The first-order valence-corrected chi connectivity index (χ1v) is 4.35. The van der Waals surface area contributed by atoms with Gasteiger partial charge in [-0.25, -0.2) is 0 Å². The molecule has 1 aliphatic carbocycles. The van der Waals surface area contributed by atoms with Crippen molar-refractivity contribution in [3.8, 4) is 0 Å². The maximum atomic E-state index is 10.8. The minimum atomic E-state index is -0.783. The lowest BCUT2D eigenvalue weighted by atomic mass is 9.73. The Balaban J connectivity index is 2.11. The summed E-state index contributed by atoms with van der Waals surface area (Å²) in [4.78, 5) is 10.8. The lowest BCUT2D eigenvalue weighted by Gasteiger charge is -2.48. The van der Waals surface area contributed by atoms with E-state index in [2.05, 4.69) is 5.32 Å². The molecule has 1 saturated carbocycles. The Morgan fingerprint density at radius 3 is 2.75 bits per heavy atom. The molecule has 2 N–H and O–H groups in total. The number of carboxylic acids is 1. The smallest absolute Gasteiger partial charge is 0.323 e. The first kappa shape index (κ1) is 8.01. The van der Waals surface area contributed by atoms with Crippen molar-refractivity contribution in [2.24, 2.45) is 0 Å². The van der Waals surface area contributed by atoms with Gasteiger partial charge >= 0.3 is 5.97 Å². The summed E-state index contributed by atoms with van der Waals surface area (Å²) >= 11 is 0. The molecule has 1 aliphatic heterocycles. The van der Waals surface area contributed by atoms with Crippen LogP contribution in [0.4, 0.5) is 0 Å². The lowest BCUT2D eigenvalue weighted by molar-refractivity contribution is -0.173. The van der Waals surface area contributed by atoms with Crippen molar-refractivity contribution in [1.82, 2.24) is 5.32 Å². The van der Waals surface area contributed by atoms with Gasteiger partial charge in [0.05, 0.1) is 12.2 Å². The minimum Gasteiger partial charge on any atom is -0.480 e. The third-order valence-electron chi connectivity index (χ3n) is 2.81. The maximum absolute atomic E-state index is 10.8. The third-order valence-corrected chi connectivity index (χ3v) is 2.81. The molecule has 0 amide bonds. The van der Waals surface area contributed by atoms with Gasteiger partial charge in [-0.05, 0) is 19.3 Å². The molecule has 0 aromatic heterocycles. The second-order valence-electron chi connectivity index (χ2n) is 3.49. The zero-order chi connectivity index (χ0) is 8.60. The fraction of sp³-hybridized carbons (Fsp3) is 0.875. The van der Waals surface area contributed by atoms with Crippen molar-refractivity contribution in [3.63, 3.8) is 0 Å². The molecular formula is C8H13NO3. The highest BCUT2D eigenvalue weighted by Gasteiger charge is 2.50. The molecule has 1 unspecified atom stereocenters. The number of carbonyl (C=O) groups is 1. The summed E-state index contributed by atoms with van der Waals surface area (Å²) in [6.07, 6.45) is 2.86. The summed E-state index contributed by atoms with van der Waals surface area (Å²) in [5, 5.41) is 11.9. The molecule has 0 bridgehead atoms. The molecule has 0 aromatic rings. The number of carboxylic acid groups (broad SMARTS) is 1. The predicted octanol–water partition coefficient (Wildman–Crippen LogP) is -0.0179. The van der Waals surface area contributed by atoms with Crippen molar-refractivity contribution in [2.45, 2.75) is 30.9 Å². The second kappa shape index (κ2) is 2.71. The van der Waals surface area contributed by atoms with Gasteiger partial charge in [0.15, 0.2) is 0 Å². The van der Waals surface area contributed by atoms with Gasteiger partial charge in [0, 0.05) is 6.54 Å². The SMILES string of the molecule is O=C(O)C1NCCOC12CCC2. The Kier molecular flexibility index (Phi) is 1.81. The van der Waals surface area contributed by atoms with E-state index in [4.69, 9.17) is 9.84 Å². The van der Waals surface area contributed by atoms with Gasteiger partial charge in [-0.15, -0.1) is 0 Å². The summed E-state index contributed by atoms with van der Waals surface area (Å²) in [5.74, 6) is -0.783. The van der Waals surface area contributed by atoms with Crippen LogP contribution in [-0.4, -0.2) is 35.9 Å². The molecule has 2 fully saturated rings. The van der Waals surface area contributed by atoms with E-state index in [0.29, 0.717) is 13.2 Å². The molecule has 4 nitrogen and oxygen atoms in total. The summed E-state index contributed by atoms with van der Waals surface area (Å²) in [7, 11) is 0. The number of hydrogen-bond donors (Lipinski definition) is 2. The van der Waals surface area contributed by atoms with E-state index in [1.165, 1.54) is 0 Å². The third kappa shape index (κ3) is 1.03. The van der Waals surface area contributed by atoms with E-state index < -0.39 is 12.0 Å². The van der Waals surface area contributed by atoms with Crippen LogP contribution in [0, 0.1) is 0 Å². The number of hydrogen-bond acceptors (Lipinski definition) is 3. The first-order chi connectivity index (χ1) is 5.75. The predicted molar refractivity (Wildman–Crippen MR) is 42.0 cm³/mol.